The van der Waals surface area contributed by atoms with E-state index in [0.717, 1.165) is 0 Å². The van der Waals surface area contributed by atoms with Crippen LogP contribution in [0, 0.1) is 5.82 Å². The van der Waals surface area contributed by atoms with Crippen molar-refractivity contribution in [3.63, 3.8) is 0 Å². The third-order valence-electron chi connectivity index (χ3n) is 5.94. The number of carbonyl (C=O) groups excluding carboxylic acids is 2. The first kappa shape index (κ1) is 28.0. The van der Waals surface area contributed by atoms with E-state index in [1.54, 1.807) is 42.3 Å². The van der Waals surface area contributed by atoms with E-state index >= 15 is 0 Å². The Balaban J connectivity index is 1.40. The average molecular weight is 567 g/mol. The van der Waals surface area contributed by atoms with Crippen LogP contribution in [-0.2, 0) is 23.7 Å². The lowest BCUT2D eigenvalue weighted by atomic mass is 10.2. The van der Waals surface area contributed by atoms with Gasteiger partial charge in [-0.25, -0.2) is 9.18 Å². The minimum Gasteiger partial charge on any atom is -0.425 e. The number of amides is 2. The Kier molecular flexibility index (Phi) is 9.69. The number of likely N-dealkylation sites (tertiary alicyclic amines) is 1. The van der Waals surface area contributed by atoms with E-state index < -0.39 is 18.1 Å². The topological polar surface area (TPSA) is 102 Å². The maximum Gasteiger partial charge on any atom is 0.413 e. The maximum absolute atomic E-state index is 14.8. The van der Waals surface area contributed by atoms with E-state index in [2.05, 4.69) is 10.6 Å². The summed E-state index contributed by atoms with van der Waals surface area (Å²) >= 11 is 11.5. The highest BCUT2D eigenvalue weighted by Gasteiger charge is 2.37. The molecule has 0 aromatic heterocycles. The molecular formula is C25H28ClFN4O6S. The van der Waals surface area contributed by atoms with Gasteiger partial charge in [0.05, 0.1) is 38.2 Å². The number of nitrogens with zero attached hydrogens (tertiary/aromatic N) is 2. The normalized spacial score (nSPS) is 19.4. The summed E-state index contributed by atoms with van der Waals surface area (Å²) in [5.41, 5.74) is 1.01. The quantitative estimate of drug-likeness (QED) is 0.364. The van der Waals surface area contributed by atoms with Crippen LogP contribution in [0.25, 0.3) is 0 Å². The predicted molar refractivity (Wildman–Crippen MR) is 144 cm³/mol. The molecule has 4 rings (SSSR count). The van der Waals surface area contributed by atoms with Crippen molar-refractivity contribution in [2.24, 2.45) is 0 Å². The lowest BCUT2D eigenvalue weighted by Gasteiger charge is -2.27. The van der Waals surface area contributed by atoms with Crippen molar-refractivity contribution in [1.29, 1.82) is 0 Å². The van der Waals surface area contributed by atoms with Gasteiger partial charge in [0.25, 0.3) is 5.91 Å². The smallest absolute Gasteiger partial charge is 0.413 e. The van der Waals surface area contributed by atoms with E-state index in [-0.39, 0.29) is 24.3 Å². The predicted octanol–water partition coefficient (Wildman–Crippen LogP) is 3.85. The van der Waals surface area contributed by atoms with E-state index in [4.69, 9.17) is 42.8 Å². The summed E-state index contributed by atoms with van der Waals surface area (Å²) in [6, 6.07) is 11.1. The Morgan fingerprint density at radius 2 is 2.00 bits per heavy atom. The van der Waals surface area contributed by atoms with Gasteiger partial charge in [0.1, 0.15) is 12.4 Å². The molecule has 0 unspecified atom stereocenters. The Morgan fingerprint density at radius 3 is 2.71 bits per heavy atom. The van der Waals surface area contributed by atoms with Crippen molar-refractivity contribution in [2.45, 2.75) is 18.8 Å². The molecule has 2 fully saturated rings. The minimum absolute atomic E-state index is 0.0588. The van der Waals surface area contributed by atoms with Crippen molar-refractivity contribution in [2.75, 3.05) is 62.2 Å². The molecule has 2 aromatic rings. The maximum atomic E-state index is 14.8. The number of halogens is 2. The van der Waals surface area contributed by atoms with Gasteiger partial charge in [-0.1, -0.05) is 11.6 Å². The van der Waals surface area contributed by atoms with E-state index in [9.17, 15) is 14.0 Å². The molecular weight excluding hydrogens is 539 g/mol. The van der Waals surface area contributed by atoms with Gasteiger partial charge in [0, 0.05) is 36.5 Å². The third-order valence-corrected chi connectivity index (χ3v) is 6.53. The second-order valence-electron chi connectivity index (χ2n) is 8.56. The number of thiocarbonyl (C=S) groups is 1. The summed E-state index contributed by atoms with van der Waals surface area (Å²) in [5, 5.41) is 6.45. The van der Waals surface area contributed by atoms with Gasteiger partial charge in [-0.2, -0.15) is 0 Å². The highest BCUT2D eigenvalue weighted by Crippen LogP contribution is 2.26. The van der Waals surface area contributed by atoms with Crippen LogP contribution in [0.15, 0.2) is 42.5 Å². The fourth-order valence-corrected chi connectivity index (χ4v) is 4.50. The number of benzene rings is 2. The highest BCUT2D eigenvalue weighted by molar-refractivity contribution is 7.80. The van der Waals surface area contributed by atoms with Gasteiger partial charge >= 0.3 is 6.09 Å². The van der Waals surface area contributed by atoms with Crippen LogP contribution in [0.2, 0.25) is 5.02 Å². The number of nitrogens with one attached hydrogen (secondary N) is 2. The van der Waals surface area contributed by atoms with Crippen LogP contribution in [0.4, 0.5) is 26.2 Å². The van der Waals surface area contributed by atoms with Gasteiger partial charge in [0.15, 0.2) is 11.3 Å². The zero-order chi connectivity index (χ0) is 27.1. The third kappa shape index (κ3) is 7.29. The number of hydrogen-bond donors (Lipinski definition) is 2. The zero-order valence-electron chi connectivity index (χ0n) is 20.7. The molecule has 2 atom stereocenters. The lowest BCUT2D eigenvalue weighted by molar-refractivity contribution is -0.125. The second kappa shape index (κ2) is 13.2. The van der Waals surface area contributed by atoms with Gasteiger partial charge < -0.3 is 34.1 Å². The van der Waals surface area contributed by atoms with Crippen molar-refractivity contribution in [1.82, 2.24) is 4.90 Å². The van der Waals surface area contributed by atoms with Gasteiger partial charge in [-0.3, -0.25) is 10.1 Å². The number of morpholine rings is 1. The molecule has 2 heterocycles. The molecule has 2 aliphatic rings. The molecule has 13 heteroatoms. The van der Waals surface area contributed by atoms with Crippen LogP contribution in [0.5, 0.6) is 0 Å². The van der Waals surface area contributed by atoms with Crippen LogP contribution < -0.4 is 15.5 Å². The van der Waals surface area contributed by atoms with E-state index in [0.29, 0.717) is 60.8 Å². The first-order valence-corrected chi connectivity index (χ1v) is 12.7. The fourth-order valence-electron chi connectivity index (χ4n) is 4.06. The summed E-state index contributed by atoms with van der Waals surface area (Å²) in [4.78, 5) is 27.9. The number of hydrogen-bond acceptors (Lipinski definition) is 7. The number of carbonyl (C=O) groups is 2. The monoisotopic (exact) mass is 566 g/mol. The van der Waals surface area contributed by atoms with Crippen molar-refractivity contribution in [3.8, 4) is 0 Å². The van der Waals surface area contributed by atoms with Crippen LogP contribution in [-0.4, -0.2) is 81.0 Å². The molecule has 2 aliphatic heterocycles. The summed E-state index contributed by atoms with van der Waals surface area (Å²) in [6.45, 7) is 1.79. The Labute approximate surface area is 229 Å². The van der Waals surface area contributed by atoms with Gasteiger partial charge in [-0.05, 0) is 54.7 Å². The SMILES string of the molecule is COCCO[C@@H]1C[C@@H](OC(=O)Nc2ccc(N3CCOCC3=O)cc2F)N(C(=S)Nc2ccc(Cl)cc2)C1. The largest absolute Gasteiger partial charge is 0.425 e. The second-order valence-corrected chi connectivity index (χ2v) is 9.38. The molecule has 0 aliphatic carbocycles. The van der Waals surface area contributed by atoms with E-state index in [1.165, 1.54) is 17.0 Å². The summed E-state index contributed by atoms with van der Waals surface area (Å²) in [5.74, 6) is -0.967. The molecule has 204 valence electrons. The number of ether oxygens (including phenoxy) is 4. The lowest BCUT2D eigenvalue weighted by Crippen LogP contribution is -2.42. The average Bonchev–Trinajstić information content (AvgIpc) is 3.29. The first-order valence-electron chi connectivity index (χ1n) is 11.9. The molecule has 10 nitrogen and oxygen atoms in total. The van der Waals surface area contributed by atoms with Crippen LogP contribution >= 0.6 is 23.8 Å². The molecule has 38 heavy (non-hydrogen) atoms. The minimum atomic E-state index is -0.860. The standard InChI is InChI=1S/C25H28ClFN4O6S/c1-34-10-11-36-19-13-23(31(14-19)24(38)28-17-4-2-16(26)3-5-17)37-25(33)29-21-7-6-18(12-20(21)27)30-8-9-35-15-22(30)32/h2-7,12,19,23H,8-11,13-15H2,1H3,(H,28,38)(H,29,33)/t19-,23-/m1/s1. The zero-order valence-corrected chi connectivity index (χ0v) is 22.2. The molecule has 2 saturated heterocycles. The fraction of sp³-hybridized carbons (Fsp3) is 0.400. The molecule has 0 saturated carbocycles. The Bertz CT molecular complexity index is 1160. The van der Waals surface area contributed by atoms with Crippen LogP contribution in [0.3, 0.4) is 0 Å². The molecule has 2 amide bonds. The van der Waals surface area contributed by atoms with E-state index in [1.807, 2.05) is 0 Å². The Hall–Kier alpha value is -3.03. The summed E-state index contributed by atoms with van der Waals surface area (Å²) in [6.07, 6.45) is -1.54. The molecule has 0 bridgehead atoms. The Morgan fingerprint density at radius 1 is 1.21 bits per heavy atom. The van der Waals surface area contributed by atoms with Gasteiger partial charge in [0.2, 0.25) is 0 Å². The highest BCUT2D eigenvalue weighted by atomic mass is 35.5. The first-order chi connectivity index (χ1) is 18.3. The summed E-state index contributed by atoms with van der Waals surface area (Å²) < 4.78 is 36.4. The van der Waals surface area contributed by atoms with Crippen LogP contribution in [0.1, 0.15) is 6.42 Å². The molecule has 2 N–H and O–H groups in total. The van der Waals surface area contributed by atoms with Gasteiger partial charge in [-0.15, -0.1) is 0 Å². The number of methoxy groups -OCH3 is 1. The van der Waals surface area contributed by atoms with Crippen molar-refractivity contribution < 1.29 is 32.9 Å². The molecule has 0 radical (unpaired) electrons. The summed E-state index contributed by atoms with van der Waals surface area (Å²) in [7, 11) is 1.58. The van der Waals surface area contributed by atoms with Crippen molar-refractivity contribution >= 4 is 58.0 Å². The molecule has 0 spiro atoms. The molecule has 2 aromatic carbocycles. The number of rotatable bonds is 8. The number of anilines is 3. The van der Waals surface area contributed by atoms with Crippen molar-refractivity contribution in [3.05, 3.63) is 53.3 Å².